The second-order valence-corrected chi connectivity index (χ2v) is 4.32. The molecule has 2 aromatic rings. The zero-order chi connectivity index (χ0) is 16.5. The lowest BCUT2D eigenvalue weighted by Crippen LogP contribution is -2.10. The van der Waals surface area contributed by atoms with Crippen LogP contribution in [0.15, 0.2) is 54.0 Å². The maximum atomic E-state index is 9.09. The maximum Gasteiger partial charge on any atom is 0.163 e. The minimum absolute atomic E-state index is 0.113. The summed E-state index contributed by atoms with van der Waals surface area (Å²) in [6, 6.07) is 14.0. The Morgan fingerprint density at radius 2 is 1.91 bits per heavy atom. The standard InChI is InChI=1S/C16H12N6O/c17-10-13(11-18)15(12-19)21-14-4-1-2-5-16(14)23-9-8-22-7-3-6-20-22/h1-7,21H,8-9H2. The molecule has 112 valence electrons. The van der Waals surface area contributed by atoms with Crippen molar-refractivity contribution >= 4 is 5.69 Å². The molecule has 0 atom stereocenters. The lowest BCUT2D eigenvalue weighted by Gasteiger charge is -2.12. The number of hydrogen-bond donors (Lipinski definition) is 1. The summed E-state index contributed by atoms with van der Waals surface area (Å²) in [7, 11) is 0. The summed E-state index contributed by atoms with van der Waals surface area (Å²) >= 11 is 0. The SMILES string of the molecule is N#CC(C#N)=C(C#N)Nc1ccccc1OCCn1cccn1. The van der Waals surface area contributed by atoms with E-state index >= 15 is 0 Å². The highest BCUT2D eigenvalue weighted by Crippen LogP contribution is 2.25. The molecule has 1 N–H and O–H groups in total. The summed E-state index contributed by atoms with van der Waals surface area (Å²) in [5, 5.41) is 33.7. The molecule has 7 heteroatoms. The van der Waals surface area contributed by atoms with Gasteiger partial charge in [0.1, 0.15) is 36.3 Å². The van der Waals surface area contributed by atoms with Crippen LogP contribution in [0.25, 0.3) is 0 Å². The molecule has 0 spiro atoms. The molecule has 0 aliphatic carbocycles. The molecule has 0 radical (unpaired) electrons. The Morgan fingerprint density at radius 3 is 2.57 bits per heavy atom. The molecule has 0 saturated heterocycles. The fourth-order valence-corrected chi connectivity index (χ4v) is 1.80. The van der Waals surface area contributed by atoms with Crippen LogP contribution < -0.4 is 10.1 Å². The van der Waals surface area contributed by atoms with E-state index in [1.165, 1.54) is 0 Å². The molecule has 0 saturated carbocycles. The van der Waals surface area contributed by atoms with E-state index in [0.717, 1.165) is 0 Å². The Bertz CT molecular complexity index is 801. The normalized spacial score (nSPS) is 9.09. The highest BCUT2D eigenvalue weighted by molar-refractivity contribution is 5.64. The van der Waals surface area contributed by atoms with Crippen LogP contribution >= 0.6 is 0 Å². The number of rotatable bonds is 6. The van der Waals surface area contributed by atoms with E-state index in [1.54, 1.807) is 47.3 Å². The number of anilines is 1. The van der Waals surface area contributed by atoms with Gasteiger partial charge >= 0.3 is 0 Å². The lowest BCUT2D eigenvalue weighted by atomic mass is 10.2. The Morgan fingerprint density at radius 1 is 1.13 bits per heavy atom. The third-order valence-electron chi connectivity index (χ3n) is 2.87. The van der Waals surface area contributed by atoms with Crippen LogP contribution in [0.5, 0.6) is 5.75 Å². The Hall–Kier alpha value is -3.76. The van der Waals surface area contributed by atoms with E-state index in [2.05, 4.69) is 10.4 Å². The van der Waals surface area contributed by atoms with Crippen LogP contribution in [0.3, 0.4) is 0 Å². The average molecular weight is 304 g/mol. The smallest absolute Gasteiger partial charge is 0.163 e. The van der Waals surface area contributed by atoms with Crippen LogP contribution in [-0.4, -0.2) is 16.4 Å². The molecule has 0 aliphatic rings. The summed E-state index contributed by atoms with van der Waals surface area (Å²) in [6.07, 6.45) is 3.51. The highest BCUT2D eigenvalue weighted by atomic mass is 16.5. The van der Waals surface area contributed by atoms with Crippen molar-refractivity contribution in [1.29, 1.82) is 15.8 Å². The summed E-state index contributed by atoms with van der Waals surface area (Å²) in [5.41, 5.74) is 0.115. The van der Waals surface area contributed by atoms with Crippen molar-refractivity contribution in [3.8, 4) is 24.0 Å². The Balaban J connectivity index is 2.12. The van der Waals surface area contributed by atoms with Gasteiger partial charge in [-0.05, 0) is 18.2 Å². The third kappa shape index (κ3) is 4.10. The number of nitrogens with one attached hydrogen (secondary N) is 1. The van der Waals surface area contributed by atoms with Crippen LogP contribution in [0, 0.1) is 34.0 Å². The van der Waals surface area contributed by atoms with Gasteiger partial charge in [-0.1, -0.05) is 12.1 Å². The Kier molecular flexibility index (Phi) is 5.35. The van der Waals surface area contributed by atoms with E-state index in [1.807, 2.05) is 18.3 Å². The van der Waals surface area contributed by atoms with Crippen molar-refractivity contribution in [2.45, 2.75) is 6.54 Å². The van der Waals surface area contributed by atoms with Crippen LogP contribution in [-0.2, 0) is 6.54 Å². The number of aromatic nitrogens is 2. The van der Waals surface area contributed by atoms with Crippen molar-refractivity contribution < 1.29 is 4.74 Å². The van der Waals surface area contributed by atoms with Gasteiger partial charge in [-0.25, -0.2) is 0 Å². The molecule has 0 unspecified atom stereocenters. The average Bonchev–Trinajstić information content (AvgIpc) is 3.09. The first kappa shape index (κ1) is 15.6. The van der Waals surface area contributed by atoms with Gasteiger partial charge in [0.2, 0.25) is 0 Å². The fraction of sp³-hybridized carbons (Fsp3) is 0.125. The number of benzene rings is 1. The van der Waals surface area contributed by atoms with E-state index in [4.69, 9.17) is 20.5 Å². The molecule has 1 aromatic heterocycles. The first-order chi connectivity index (χ1) is 11.3. The topological polar surface area (TPSA) is 110 Å². The predicted molar refractivity (Wildman–Crippen MR) is 81.7 cm³/mol. The number of nitrogens with zero attached hydrogens (tertiary/aromatic N) is 5. The van der Waals surface area contributed by atoms with Crippen LogP contribution in [0.1, 0.15) is 0 Å². The second kappa shape index (κ2) is 7.87. The minimum Gasteiger partial charge on any atom is -0.489 e. The van der Waals surface area contributed by atoms with Gasteiger partial charge in [-0.15, -0.1) is 0 Å². The molecule has 7 nitrogen and oxygen atoms in total. The number of allylic oxidation sites excluding steroid dienone is 2. The molecule has 2 rings (SSSR count). The van der Waals surface area contributed by atoms with Crippen LogP contribution in [0.2, 0.25) is 0 Å². The van der Waals surface area contributed by atoms with Gasteiger partial charge in [0.25, 0.3) is 0 Å². The number of para-hydroxylation sites is 2. The monoisotopic (exact) mass is 304 g/mol. The van der Waals surface area contributed by atoms with Crippen molar-refractivity contribution in [3.63, 3.8) is 0 Å². The van der Waals surface area contributed by atoms with Crippen molar-refractivity contribution in [2.75, 3.05) is 11.9 Å². The second-order valence-electron chi connectivity index (χ2n) is 4.32. The van der Waals surface area contributed by atoms with Gasteiger partial charge < -0.3 is 10.1 Å². The van der Waals surface area contributed by atoms with E-state index < -0.39 is 0 Å². The lowest BCUT2D eigenvalue weighted by molar-refractivity contribution is 0.292. The van der Waals surface area contributed by atoms with Gasteiger partial charge in [0, 0.05) is 12.4 Å². The summed E-state index contributed by atoms with van der Waals surface area (Å²) in [5.74, 6) is 0.516. The molecule has 0 amide bonds. The Labute approximate surface area is 133 Å². The van der Waals surface area contributed by atoms with Crippen LogP contribution in [0.4, 0.5) is 5.69 Å². The molecule has 0 bridgehead atoms. The zero-order valence-corrected chi connectivity index (χ0v) is 12.1. The van der Waals surface area contributed by atoms with Crippen molar-refractivity contribution in [2.24, 2.45) is 0 Å². The molecule has 1 heterocycles. The first-order valence-corrected chi connectivity index (χ1v) is 6.69. The van der Waals surface area contributed by atoms with E-state index in [-0.39, 0.29) is 11.3 Å². The van der Waals surface area contributed by atoms with E-state index in [0.29, 0.717) is 24.6 Å². The molecule has 0 fully saturated rings. The molecule has 0 aliphatic heterocycles. The van der Waals surface area contributed by atoms with Gasteiger partial charge in [0.05, 0.1) is 12.2 Å². The fourth-order valence-electron chi connectivity index (χ4n) is 1.80. The predicted octanol–water partition coefficient (Wildman–Crippen LogP) is 2.20. The maximum absolute atomic E-state index is 9.09. The zero-order valence-electron chi connectivity index (χ0n) is 12.1. The molecule has 23 heavy (non-hydrogen) atoms. The largest absolute Gasteiger partial charge is 0.489 e. The number of nitriles is 3. The molecular formula is C16H12N6O. The number of ether oxygens (including phenoxy) is 1. The van der Waals surface area contributed by atoms with Gasteiger partial charge in [-0.2, -0.15) is 20.9 Å². The molecular weight excluding hydrogens is 292 g/mol. The summed E-state index contributed by atoms with van der Waals surface area (Å²) in [6.45, 7) is 0.958. The van der Waals surface area contributed by atoms with Crippen molar-refractivity contribution in [1.82, 2.24) is 9.78 Å². The minimum atomic E-state index is -0.279. The van der Waals surface area contributed by atoms with Crippen molar-refractivity contribution in [3.05, 3.63) is 54.0 Å². The van der Waals surface area contributed by atoms with E-state index in [9.17, 15) is 0 Å². The first-order valence-electron chi connectivity index (χ1n) is 6.69. The third-order valence-corrected chi connectivity index (χ3v) is 2.87. The summed E-state index contributed by atoms with van der Waals surface area (Å²) in [4.78, 5) is 0. The molecule has 1 aromatic carbocycles. The quantitative estimate of drug-likeness (QED) is 0.819. The van der Waals surface area contributed by atoms with Gasteiger partial charge in [0.15, 0.2) is 5.57 Å². The number of hydrogen-bond acceptors (Lipinski definition) is 6. The summed E-state index contributed by atoms with van der Waals surface area (Å²) < 4.78 is 7.42. The highest BCUT2D eigenvalue weighted by Gasteiger charge is 2.09. The van der Waals surface area contributed by atoms with Gasteiger partial charge in [-0.3, -0.25) is 4.68 Å².